The van der Waals surface area contributed by atoms with Crippen molar-refractivity contribution >= 4 is 0 Å². The van der Waals surface area contributed by atoms with Crippen molar-refractivity contribution < 1.29 is 0 Å². The maximum absolute atomic E-state index is 3.57. The minimum atomic E-state index is 0.612. The highest BCUT2D eigenvalue weighted by Crippen LogP contribution is 2.28. The smallest absolute Gasteiger partial charge is 0.0338 e. The summed E-state index contributed by atoms with van der Waals surface area (Å²) in [4.78, 5) is 0. The molecule has 2 rings (SSSR count). The van der Waals surface area contributed by atoms with Crippen molar-refractivity contribution in [1.82, 2.24) is 9.88 Å². The Bertz CT molecular complexity index is 319. The summed E-state index contributed by atoms with van der Waals surface area (Å²) in [5.41, 5.74) is 4.36. The Morgan fingerprint density at radius 3 is 2.79 bits per heavy atom. The summed E-state index contributed by atoms with van der Waals surface area (Å²) in [5.74, 6) is 0. The van der Waals surface area contributed by atoms with Crippen LogP contribution in [0.3, 0.4) is 0 Å². The third-order valence-electron chi connectivity index (χ3n) is 3.36. The fraction of sp³-hybridized carbons (Fsp3) is 0.667. The molecule has 14 heavy (non-hydrogen) atoms. The van der Waals surface area contributed by atoms with Gasteiger partial charge in [-0.05, 0) is 51.8 Å². The normalized spacial score (nSPS) is 21.8. The Balaban J connectivity index is 2.33. The van der Waals surface area contributed by atoms with E-state index in [1.807, 2.05) is 0 Å². The zero-order valence-electron chi connectivity index (χ0n) is 9.43. The van der Waals surface area contributed by atoms with Crippen molar-refractivity contribution in [1.29, 1.82) is 0 Å². The lowest BCUT2D eigenvalue weighted by Gasteiger charge is -2.11. The van der Waals surface area contributed by atoms with Crippen LogP contribution in [0.15, 0.2) is 6.07 Å². The zero-order chi connectivity index (χ0) is 10.1. The Kier molecular flexibility index (Phi) is 2.64. The first-order chi connectivity index (χ1) is 6.74. The molecule has 1 aliphatic heterocycles. The van der Waals surface area contributed by atoms with Gasteiger partial charge in [-0.15, -0.1) is 0 Å². The average Bonchev–Trinajstić information content (AvgIpc) is 2.74. The first kappa shape index (κ1) is 9.78. The molecule has 1 unspecified atom stereocenters. The van der Waals surface area contributed by atoms with Gasteiger partial charge >= 0.3 is 0 Å². The van der Waals surface area contributed by atoms with Crippen molar-refractivity contribution in [2.24, 2.45) is 0 Å². The third-order valence-corrected chi connectivity index (χ3v) is 3.36. The summed E-state index contributed by atoms with van der Waals surface area (Å²) in [6, 6.07) is 2.96. The molecule has 0 amide bonds. The highest BCUT2D eigenvalue weighted by atomic mass is 15.0. The third kappa shape index (κ3) is 1.48. The molecular formula is C12H20N2. The Morgan fingerprint density at radius 1 is 1.50 bits per heavy atom. The van der Waals surface area contributed by atoms with Gasteiger partial charge in [-0.25, -0.2) is 0 Å². The van der Waals surface area contributed by atoms with E-state index >= 15 is 0 Å². The standard InChI is InChI=1S/C12H20N2/c1-4-14-9(2)8-11(10(14)3)12-6-5-7-13-12/h8,12-13H,4-7H2,1-3H3. The van der Waals surface area contributed by atoms with Crippen LogP contribution in [0, 0.1) is 13.8 Å². The summed E-state index contributed by atoms with van der Waals surface area (Å²) in [6.07, 6.45) is 2.62. The highest BCUT2D eigenvalue weighted by molar-refractivity contribution is 5.30. The van der Waals surface area contributed by atoms with E-state index < -0.39 is 0 Å². The molecule has 2 heterocycles. The highest BCUT2D eigenvalue weighted by Gasteiger charge is 2.20. The van der Waals surface area contributed by atoms with E-state index in [0.29, 0.717) is 6.04 Å². The van der Waals surface area contributed by atoms with Crippen LogP contribution in [0.4, 0.5) is 0 Å². The van der Waals surface area contributed by atoms with Gasteiger partial charge in [-0.2, -0.15) is 0 Å². The molecule has 1 aromatic heterocycles. The summed E-state index contributed by atoms with van der Waals surface area (Å²) in [5, 5.41) is 3.57. The second-order valence-electron chi connectivity index (χ2n) is 4.22. The molecular weight excluding hydrogens is 172 g/mol. The Hall–Kier alpha value is -0.760. The molecule has 2 nitrogen and oxygen atoms in total. The second kappa shape index (κ2) is 3.77. The molecule has 0 aromatic carbocycles. The summed E-state index contributed by atoms with van der Waals surface area (Å²) < 4.78 is 2.40. The van der Waals surface area contributed by atoms with E-state index in [1.165, 1.54) is 36.3 Å². The van der Waals surface area contributed by atoms with Gasteiger partial charge in [0, 0.05) is 24.0 Å². The molecule has 1 aromatic rings. The van der Waals surface area contributed by atoms with Crippen LogP contribution in [0.2, 0.25) is 0 Å². The number of rotatable bonds is 2. The molecule has 0 aliphatic carbocycles. The summed E-state index contributed by atoms with van der Waals surface area (Å²) in [6.45, 7) is 8.93. The molecule has 1 saturated heterocycles. The maximum atomic E-state index is 3.57. The van der Waals surface area contributed by atoms with Gasteiger partial charge in [0.15, 0.2) is 0 Å². The van der Waals surface area contributed by atoms with Gasteiger partial charge in [0.25, 0.3) is 0 Å². The molecule has 0 spiro atoms. The minimum Gasteiger partial charge on any atom is -0.349 e. The van der Waals surface area contributed by atoms with Crippen LogP contribution in [-0.4, -0.2) is 11.1 Å². The molecule has 0 saturated carbocycles. The number of aryl methyl sites for hydroxylation is 1. The monoisotopic (exact) mass is 192 g/mol. The van der Waals surface area contributed by atoms with Crippen LogP contribution >= 0.6 is 0 Å². The Labute approximate surface area is 86.3 Å². The van der Waals surface area contributed by atoms with Crippen LogP contribution in [0.5, 0.6) is 0 Å². The lowest BCUT2D eigenvalue weighted by Crippen LogP contribution is -2.13. The van der Waals surface area contributed by atoms with Crippen molar-refractivity contribution in [2.45, 2.75) is 46.2 Å². The van der Waals surface area contributed by atoms with E-state index in [4.69, 9.17) is 0 Å². The zero-order valence-corrected chi connectivity index (χ0v) is 9.43. The lowest BCUT2D eigenvalue weighted by molar-refractivity contribution is 0.633. The van der Waals surface area contributed by atoms with Gasteiger partial charge in [0.1, 0.15) is 0 Å². The van der Waals surface area contributed by atoms with E-state index in [1.54, 1.807) is 0 Å². The minimum absolute atomic E-state index is 0.612. The van der Waals surface area contributed by atoms with E-state index in [0.717, 1.165) is 6.54 Å². The van der Waals surface area contributed by atoms with Crippen LogP contribution in [0.25, 0.3) is 0 Å². The lowest BCUT2D eigenvalue weighted by atomic mass is 10.1. The largest absolute Gasteiger partial charge is 0.349 e. The molecule has 0 radical (unpaired) electrons. The van der Waals surface area contributed by atoms with Crippen molar-refractivity contribution in [3.63, 3.8) is 0 Å². The predicted molar refractivity (Wildman–Crippen MR) is 59.6 cm³/mol. The topological polar surface area (TPSA) is 17.0 Å². The Morgan fingerprint density at radius 2 is 2.29 bits per heavy atom. The molecule has 1 aliphatic rings. The molecule has 1 fully saturated rings. The van der Waals surface area contributed by atoms with Gasteiger partial charge in [-0.1, -0.05) is 0 Å². The number of nitrogens with one attached hydrogen (secondary N) is 1. The van der Waals surface area contributed by atoms with Crippen LogP contribution in [-0.2, 0) is 6.54 Å². The van der Waals surface area contributed by atoms with Crippen LogP contribution < -0.4 is 5.32 Å². The second-order valence-corrected chi connectivity index (χ2v) is 4.22. The predicted octanol–water partition coefficient (Wildman–Crippen LogP) is 2.55. The van der Waals surface area contributed by atoms with E-state index in [2.05, 4.69) is 36.7 Å². The van der Waals surface area contributed by atoms with E-state index in [-0.39, 0.29) is 0 Å². The van der Waals surface area contributed by atoms with Gasteiger partial charge < -0.3 is 9.88 Å². The molecule has 78 valence electrons. The van der Waals surface area contributed by atoms with Crippen molar-refractivity contribution in [3.05, 3.63) is 23.0 Å². The first-order valence-electron chi connectivity index (χ1n) is 5.64. The maximum Gasteiger partial charge on any atom is 0.0338 e. The molecule has 1 N–H and O–H groups in total. The molecule has 0 bridgehead atoms. The average molecular weight is 192 g/mol. The number of aromatic nitrogens is 1. The SMILES string of the molecule is CCn1c(C)cc(C2CCCN2)c1C. The molecule has 1 atom stereocenters. The van der Waals surface area contributed by atoms with E-state index in [9.17, 15) is 0 Å². The fourth-order valence-electron chi connectivity index (χ4n) is 2.62. The summed E-state index contributed by atoms with van der Waals surface area (Å²) in [7, 11) is 0. The first-order valence-corrected chi connectivity index (χ1v) is 5.64. The number of hydrogen-bond donors (Lipinski definition) is 1. The summed E-state index contributed by atoms with van der Waals surface area (Å²) >= 11 is 0. The van der Waals surface area contributed by atoms with Gasteiger partial charge in [0.05, 0.1) is 0 Å². The van der Waals surface area contributed by atoms with Crippen molar-refractivity contribution in [2.75, 3.05) is 6.54 Å². The van der Waals surface area contributed by atoms with Gasteiger partial charge in [0.2, 0.25) is 0 Å². The fourth-order valence-corrected chi connectivity index (χ4v) is 2.62. The number of nitrogens with zero attached hydrogens (tertiary/aromatic N) is 1. The van der Waals surface area contributed by atoms with Crippen LogP contribution in [0.1, 0.15) is 42.8 Å². The van der Waals surface area contributed by atoms with Gasteiger partial charge in [-0.3, -0.25) is 0 Å². The number of hydrogen-bond acceptors (Lipinski definition) is 1. The van der Waals surface area contributed by atoms with Crippen molar-refractivity contribution in [3.8, 4) is 0 Å². The quantitative estimate of drug-likeness (QED) is 0.762. The molecule has 2 heteroatoms.